The lowest BCUT2D eigenvalue weighted by Crippen LogP contribution is -2.14. The van der Waals surface area contributed by atoms with E-state index >= 15 is 0 Å². The van der Waals surface area contributed by atoms with Crippen molar-refractivity contribution in [3.63, 3.8) is 0 Å². The summed E-state index contributed by atoms with van der Waals surface area (Å²) < 4.78 is 0. The lowest BCUT2D eigenvalue weighted by Gasteiger charge is -2.11. The van der Waals surface area contributed by atoms with Crippen molar-refractivity contribution in [2.24, 2.45) is 11.7 Å². The van der Waals surface area contributed by atoms with Crippen molar-refractivity contribution in [2.75, 3.05) is 5.32 Å². The summed E-state index contributed by atoms with van der Waals surface area (Å²) in [5, 5.41) is 3.50. The summed E-state index contributed by atoms with van der Waals surface area (Å²) in [6.07, 6.45) is 3.63. The van der Waals surface area contributed by atoms with Gasteiger partial charge in [0.05, 0.1) is 0 Å². The summed E-state index contributed by atoms with van der Waals surface area (Å²) in [5.41, 5.74) is 8.72. The molecule has 122 valence electrons. The third-order valence-corrected chi connectivity index (χ3v) is 4.11. The lowest BCUT2D eigenvalue weighted by molar-refractivity contribution is -0.117. The molecular formula is C17H19Cl2N3O. The van der Waals surface area contributed by atoms with Crippen molar-refractivity contribution < 1.29 is 4.79 Å². The van der Waals surface area contributed by atoms with Crippen molar-refractivity contribution >= 4 is 35.7 Å². The number of aromatic nitrogens is 1. The third kappa shape index (κ3) is 4.22. The van der Waals surface area contributed by atoms with Gasteiger partial charge in [-0.1, -0.05) is 23.7 Å². The highest BCUT2D eigenvalue weighted by atomic mass is 35.5. The minimum absolute atomic E-state index is 0. The predicted molar refractivity (Wildman–Crippen MR) is 95.9 cm³/mol. The number of nitrogens with two attached hydrogens (primary N) is 1. The first-order valence-electron chi connectivity index (χ1n) is 7.37. The SMILES string of the molecule is CC(N)c1ccc(-c2ccnc(NC(=O)C3CC3)c2)cc1Cl.Cl. The number of nitrogens with zero attached hydrogens (tertiary/aromatic N) is 1. The lowest BCUT2D eigenvalue weighted by atomic mass is 10.0. The molecule has 23 heavy (non-hydrogen) atoms. The van der Waals surface area contributed by atoms with E-state index in [-0.39, 0.29) is 30.3 Å². The molecule has 3 rings (SSSR count). The molecule has 1 heterocycles. The van der Waals surface area contributed by atoms with Crippen LogP contribution in [0.15, 0.2) is 36.5 Å². The third-order valence-electron chi connectivity index (χ3n) is 3.78. The number of anilines is 1. The molecule has 1 aliphatic carbocycles. The first kappa shape index (κ1) is 17.7. The second-order valence-electron chi connectivity index (χ2n) is 5.72. The van der Waals surface area contributed by atoms with E-state index in [1.165, 1.54) is 0 Å². The molecule has 0 bridgehead atoms. The number of amides is 1. The topological polar surface area (TPSA) is 68.0 Å². The van der Waals surface area contributed by atoms with Gasteiger partial charge in [0.25, 0.3) is 0 Å². The van der Waals surface area contributed by atoms with Crippen LogP contribution in [-0.2, 0) is 4.79 Å². The Balaban J connectivity index is 0.00000192. The molecule has 6 heteroatoms. The number of rotatable bonds is 4. The molecule has 1 saturated carbocycles. The Morgan fingerprint density at radius 2 is 2.00 bits per heavy atom. The highest BCUT2D eigenvalue weighted by Crippen LogP contribution is 2.31. The van der Waals surface area contributed by atoms with Gasteiger partial charge in [0.1, 0.15) is 5.82 Å². The van der Waals surface area contributed by atoms with E-state index in [1.54, 1.807) is 6.20 Å². The number of halogens is 2. The van der Waals surface area contributed by atoms with Crippen LogP contribution in [-0.4, -0.2) is 10.9 Å². The molecule has 0 saturated heterocycles. The van der Waals surface area contributed by atoms with Crippen LogP contribution in [0.2, 0.25) is 5.02 Å². The van der Waals surface area contributed by atoms with Crippen LogP contribution in [0.25, 0.3) is 11.1 Å². The van der Waals surface area contributed by atoms with Gasteiger partial charge < -0.3 is 11.1 Å². The summed E-state index contributed by atoms with van der Waals surface area (Å²) in [5.74, 6) is 0.780. The zero-order chi connectivity index (χ0) is 15.7. The van der Waals surface area contributed by atoms with E-state index < -0.39 is 0 Å². The van der Waals surface area contributed by atoms with Gasteiger partial charge >= 0.3 is 0 Å². The Morgan fingerprint density at radius 1 is 1.30 bits per heavy atom. The van der Waals surface area contributed by atoms with E-state index in [4.69, 9.17) is 17.3 Å². The average Bonchev–Trinajstić information content (AvgIpc) is 3.31. The molecule has 0 aliphatic heterocycles. The Labute approximate surface area is 146 Å². The first-order valence-corrected chi connectivity index (χ1v) is 7.74. The number of benzene rings is 1. The monoisotopic (exact) mass is 351 g/mol. The minimum Gasteiger partial charge on any atom is -0.324 e. The second kappa shape index (κ2) is 7.30. The highest BCUT2D eigenvalue weighted by molar-refractivity contribution is 6.31. The van der Waals surface area contributed by atoms with Crippen molar-refractivity contribution in [1.29, 1.82) is 0 Å². The normalized spacial score (nSPS) is 14.7. The molecule has 1 atom stereocenters. The average molecular weight is 352 g/mol. The maximum atomic E-state index is 11.8. The number of nitrogens with one attached hydrogen (secondary N) is 1. The van der Waals surface area contributed by atoms with Crippen molar-refractivity contribution in [1.82, 2.24) is 4.98 Å². The van der Waals surface area contributed by atoms with Gasteiger partial charge in [-0.25, -0.2) is 4.98 Å². The number of hydrogen-bond acceptors (Lipinski definition) is 3. The fourth-order valence-corrected chi connectivity index (χ4v) is 2.68. The summed E-state index contributed by atoms with van der Waals surface area (Å²) >= 11 is 6.28. The van der Waals surface area contributed by atoms with Crippen LogP contribution >= 0.6 is 24.0 Å². The Bertz CT molecular complexity index is 715. The minimum atomic E-state index is -0.104. The summed E-state index contributed by atoms with van der Waals surface area (Å²) in [7, 11) is 0. The smallest absolute Gasteiger partial charge is 0.228 e. The molecule has 1 aromatic carbocycles. The van der Waals surface area contributed by atoms with Crippen molar-refractivity contribution in [2.45, 2.75) is 25.8 Å². The van der Waals surface area contributed by atoms with Crippen molar-refractivity contribution in [3.8, 4) is 11.1 Å². The Hall–Kier alpha value is -1.62. The molecule has 1 unspecified atom stereocenters. The van der Waals surface area contributed by atoms with E-state index in [2.05, 4.69) is 10.3 Å². The zero-order valence-electron chi connectivity index (χ0n) is 12.8. The number of carbonyl (C=O) groups excluding carboxylic acids is 1. The molecular weight excluding hydrogens is 333 g/mol. The van der Waals surface area contributed by atoms with Crippen LogP contribution in [0, 0.1) is 5.92 Å². The quantitative estimate of drug-likeness (QED) is 0.867. The molecule has 1 aliphatic rings. The Morgan fingerprint density at radius 3 is 2.61 bits per heavy atom. The van der Waals surface area contributed by atoms with Gasteiger partial charge in [-0.2, -0.15) is 0 Å². The number of pyridine rings is 1. The van der Waals surface area contributed by atoms with Crippen LogP contribution < -0.4 is 11.1 Å². The molecule has 0 radical (unpaired) electrons. The second-order valence-corrected chi connectivity index (χ2v) is 6.13. The largest absolute Gasteiger partial charge is 0.324 e. The predicted octanol–water partition coefficient (Wildman–Crippen LogP) is 4.19. The van der Waals surface area contributed by atoms with Crippen molar-refractivity contribution in [3.05, 3.63) is 47.1 Å². The van der Waals surface area contributed by atoms with Crippen LogP contribution in [0.5, 0.6) is 0 Å². The van der Waals surface area contributed by atoms with Crippen LogP contribution in [0.3, 0.4) is 0 Å². The molecule has 1 aromatic heterocycles. The van der Waals surface area contributed by atoms with Crippen LogP contribution in [0.4, 0.5) is 5.82 Å². The number of carbonyl (C=O) groups is 1. The van der Waals surface area contributed by atoms with Gasteiger partial charge in [0.2, 0.25) is 5.91 Å². The standard InChI is InChI=1S/C17H18ClN3O.ClH/c1-10(19)14-5-4-12(8-15(14)18)13-6-7-20-16(9-13)21-17(22)11-2-3-11;/h4-11H,2-3,19H2,1H3,(H,20,21,22);1H. The van der Waals surface area contributed by atoms with Gasteiger partial charge in [-0.05, 0) is 54.7 Å². The van der Waals surface area contributed by atoms with Gasteiger partial charge in [0, 0.05) is 23.2 Å². The highest BCUT2D eigenvalue weighted by Gasteiger charge is 2.29. The van der Waals surface area contributed by atoms with Gasteiger partial charge in [0.15, 0.2) is 0 Å². The molecule has 0 spiro atoms. The van der Waals surface area contributed by atoms with Gasteiger partial charge in [-0.3, -0.25) is 4.79 Å². The van der Waals surface area contributed by atoms with E-state index in [9.17, 15) is 4.79 Å². The van der Waals surface area contributed by atoms with Crippen LogP contribution in [0.1, 0.15) is 31.4 Å². The van der Waals surface area contributed by atoms with E-state index in [1.807, 2.05) is 37.3 Å². The maximum absolute atomic E-state index is 11.8. The summed E-state index contributed by atoms with van der Waals surface area (Å²) in [6.45, 7) is 1.90. The number of hydrogen-bond donors (Lipinski definition) is 2. The van der Waals surface area contributed by atoms with E-state index in [0.29, 0.717) is 10.8 Å². The zero-order valence-corrected chi connectivity index (χ0v) is 14.3. The summed E-state index contributed by atoms with van der Waals surface area (Å²) in [6, 6.07) is 9.45. The maximum Gasteiger partial charge on any atom is 0.228 e. The fourth-order valence-electron chi connectivity index (χ4n) is 2.33. The fraction of sp³-hybridized carbons (Fsp3) is 0.294. The molecule has 1 amide bonds. The molecule has 4 nitrogen and oxygen atoms in total. The Kier molecular flexibility index (Phi) is 5.63. The van der Waals surface area contributed by atoms with Gasteiger partial charge in [-0.15, -0.1) is 12.4 Å². The molecule has 1 fully saturated rings. The first-order chi connectivity index (χ1) is 10.5. The molecule has 2 aromatic rings. The molecule has 3 N–H and O–H groups in total. The summed E-state index contributed by atoms with van der Waals surface area (Å²) in [4.78, 5) is 16.0. The van der Waals surface area contributed by atoms with E-state index in [0.717, 1.165) is 29.5 Å².